The van der Waals surface area contributed by atoms with Crippen LogP contribution in [-0.2, 0) is 14.8 Å². The van der Waals surface area contributed by atoms with Crippen LogP contribution in [0.15, 0.2) is 29.2 Å². The first-order valence-corrected chi connectivity index (χ1v) is 12.2. The number of rotatable bonds is 7. The molecule has 0 aromatic heterocycles. The summed E-state index contributed by atoms with van der Waals surface area (Å²) in [5.74, 6) is 0.680. The second kappa shape index (κ2) is 9.53. The Kier molecular flexibility index (Phi) is 7.26. The van der Waals surface area contributed by atoms with Crippen molar-refractivity contribution in [3.63, 3.8) is 0 Å². The molecule has 2 aliphatic rings. The molecule has 1 aliphatic heterocycles. The number of piperazine rings is 1. The van der Waals surface area contributed by atoms with Crippen LogP contribution in [-0.4, -0.2) is 60.0 Å². The average molecular weight is 438 g/mol. The number of hydrogen-bond acceptors (Lipinski definition) is 6. The lowest BCUT2D eigenvalue weighted by atomic mass is 9.83. The molecular formula is C21H31N3O5S. The van der Waals surface area contributed by atoms with Gasteiger partial charge in [0.25, 0.3) is 5.69 Å². The predicted molar refractivity (Wildman–Crippen MR) is 114 cm³/mol. The summed E-state index contributed by atoms with van der Waals surface area (Å²) >= 11 is 0. The van der Waals surface area contributed by atoms with E-state index in [1.54, 1.807) is 13.8 Å². The van der Waals surface area contributed by atoms with Gasteiger partial charge in [-0.1, -0.05) is 44.2 Å². The van der Waals surface area contributed by atoms with E-state index < -0.39 is 20.6 Å². The number of carbonyl (C=O) groups is 1. The van der Waals surface area contributed by atoms with Gasteiger partial charge in [0.1, 0.15) is 5.78 Å². The molecule has 166 valence electrons. The lowest BCUT2D eigenvalue weighted by Gasteiger charge is -2.42. The topological polar surface area (TPSA) is 101 Å². The first-order valence-electron chi connectivity index (χ1n) is 10.7. The molecule has 2 atom stereocenters. The lowest BCUT2D eigenvalue weighted by molar-refractivity contribution is -0.387. The van der Waals surface area contributed by atoms with E-state index in [1.165, 1.54) is 47.8 Å². The highest BCUT2D eigenvalue weighted by Crippen LogP contribution is 2.32. The number of nitro groups is 1. The molecule has 8 nitrogen and oxygen atoms in total. The molecule has 1 heterocycles. The van der Waals surface area contributed by atoms with Crippen molar-refractivity contribution >= 4 is 21.5 Å². The van der Waals surface area contributed by atoms with E-state index in [1.807, 2.05) is 0 Å². The van der Waals surface area contributed by atoms with Gasteiger partial charge in [-0.3, -0.25) is 19.8 Å². The lowest BCUT2D eigenvalue weighted by Crippen LogP contribution is -2.57. The van der Waals surface area contributed by atoms with E-state index in [2.05, 4.69) is 4.90 Å². The second-order valence-corrected chi connectivity index (χ2v) is 10.4. The summed E-state index contributed by atoms with van der Waals surface area (Å²) in [7, 11) is -4.00. The van der Waals surface area contributed by atoms with Gasteiger partial charge < -0.3 is 0 Å². The van der Waals surface area contributed by atoms with Crippen LogP contribution in [0.5, 0.6) is 0 Å². The van der Waals surface area contributed by atoms with Gasteiger partial charge in [-0.2, -0.15) is 4.31 Å². The Bertz CT molecular complexity index is 882. The number of hydrogen-bond donors (Lipinski definition) is 0. The third-order valence-corrected chi connectivity index (χ3v) is 8.50. The second-order valence-electron chi connectivity index (χ2n) is 8.55. The van der Waals surface area contributed by atoms with E-state index in [0.29, 0.717) is 19.0 Å². The average Bonchev–Trinajstić information content (AvgIpc) is 2.72. The van der Waals surface area contributed by atoms with E-state index in [-0.39, 0.29) is 29.3 Å². The molecule has 3 rings (SSSR count). The van der Waals surface area contributed by atoms with Crippen LogP contribution >= 0.6 is 0 Å². The summed E-state index contributed by atoms with van der Waals surface area (Å²) in [6.45, 7) is 4.52. The minimum atomic E-state index is -4.00. The van der Waals surface area contributed by atoms with Crippen molar-refractivity contribution in [1.29, 1.82) is 0 Å². The fraction of sp³-hybridized carbons (Fsp3) is 0.667. The summed E-state index contributed by atoms with van der Waals surface area (Å²) in [6, 6.07) is 4.89. The van der Waals surface area contributed by atoms with Crippen molar-refractivity contribution < 1.29 is 18.1 Å². The third kappa shape index (κ3) is 4.90. The van der Waals surface area contributed by atoms with Crippen LogP contribution in [0.4, 0.5) is 5.69 Å². The Morgan fingerprint density at radius 2 is 1.87 bits per heavy atom. The summed E-state index contributed by atoms with van der Waals surface area (Å²) in [4.78, 5) is 24.9. The van der Waals surface area contributed by atoms with Crippen LogP contribution in [0, 0.1) is 16.0 Å². The Morgan fingerprint density at radius 1 is 1.20 bits per heavy atom. The monoisotopic (exact) mass is 437 g/mol. The van der Waals surface area contributed by atoms with Crippen molar-refractivity contribution in [2.75, 3.05) is 19.6 Å². The van der Waals surface area contributed by atoms with Gasteiger partial charge in [-0.05, 0) is 32.3 Å². The Labute approximate surface area is 178 Å². The van der Waals surface area contributed by atoms with E-state index in [4.69, 9.17) is 0 Å². The van der Waals surface area contributed by atoms with Gasteiger partial charge in [-0.25, -0.2) is 8.42 Å². The molecule has 9 heteroatoms. The number of ketones is 1. The summed E-state index contributed by atoms with van der Waals surface area (Å²) in [5, 5.41) is 11.3. The molecule has 1 saturated heterocycles. The summed E-state index contributed by atoms with van der Waals surface area (Å²) in [5.41, 5.74) is -0.411. The molecule has 2 fully saturated rings. The van der Waals surface area contributed by atoms with Crippen LogP contribution in [0.2, 0.25) is 0 Å². The number of benzene rings is 1. The first kappa shape index (κ1) is 22.8. The summed E-state index contributed by atoms with van der Waals surface area (Å²) in [6.07, 6.45) is 6.84. The van der Waals surface area contributed by atoms with Gasteiger partial charge in [-0.15, -0.1) is 0 Å². The molecule has 1 aromatic rings. The van der Waals surface area contributed by atoms with E-state index in [9.17, 15) is 23.3 Å². The van der Waals surface area contributed by atoms with Gasteiger partial charge in [0, 0.05) is 31.7 Å². The maximum atomic E-state index is 13.2. The maximum Gasteiger partial charge on any atom is 0.289 e. The highest BCUT2D eigenvalue weighted by Gasteiger charge is 2.39. The van der Waals surface area contributed by atoms with Crippen molar-refractivity contribution in [3.05, 3.63) is 34.4 Å². The number of para-hydroxylation sites is 1. The van der Waals surface area contributed by atoms with Gasteiger partial charge in [0.2, 0.25) is 10.0 Å². The fourth-order valence-corrected chi connectivity index (χ4v) is 6.64. The SMILES string of the molecule is CC(=O)[C@H](CC1CCCCC1)N1CCN(S(=O)(=O)c2ccccc2[N+](=O)[O-])[C@@H](C)C1. The number of carbonyl (C=O) groups excluding carboxylic acids is 1. The minimum Gasteiger partial charge on any atom is -0.298 e. The molecule has 0 unspecified atom stereocenters. The third-order valence-electron chi connectivity index (χ3n) is 6.44. The zero-order chi connectivity index (χ0) is 21.9. The van der Waals surface area contributed by atoms with Crippen molar-refractivity contribution in [2.24, 2.45) is 5.92 Å². The number of Topliss-reactive ketones (excluding diaryl/α,β-unsaturated/α-hetero) is 1. The van der Waals surface area contributed by atoms with E-state index in [0.717, 1.165) is 19.3 Å². The molecule has 0 amide bonds. The van der Waals surface area contributed by atoms with Crippen molar-refractivity contribution in [2.45, 2.75) is 69.4 Å². The van der Waals surface area contributed by atoms with Crippen molar-refractivity contribution in [1.82, 2.24) is 9.21 Å². The minimum absolute atomic E-state index is 0.128. The molecule has 1 aliphatic carbocycles. The maximum absolute atomic E-state index is 13.2. The summed E-state index contributed by atoms with van der Waals surface area (Å²) < 4.78 is 27.7. The molecular weight excluding hydrogens is 406 g/mol. The highest BCUT2D eigenvalue weighted by molar-refractivity contribution is 7.89. The zero-order valence-corrected chi connectivity index (χ0v) is 18.5. The molecule has 0 N–H and O–H groups in total. The van der Waals surface area contributed by atoms with Crippen molar-refractivity contribution in [3.8, 4) is 0 Å². The number of sulfonamides is 1. The molecule has 1 saturated carbocycles. The highest BCUT2D eigenvalue weighted by atomic mass is 32.2. The largest absolute Gasteiger partial charge is 0.298 e. The molecule has 1 aromatic carbocycles. The number of nitrogens with zero attached hydrogens (tertiary/aromatic N) is 3. The van der Waals surface area contributed by atoms with Crippen LogP contribution in [0.25, 0.3) is 0 Å². The molecule has 0 radical (unpaired) electrons. The predicted octanol–water partition coefficient (Wildman–Crippen LogP) is 3.22. The van der Waals surface area contributed by atoms with Crippen LogP contribution in [0.3, 0.4) is 0 Å². The van der Waals surface area contributed by atoms with Crippen LogP contribution < -0.4 is 0 Å². The normalized spacial score (nSPS) is 23.2. The van der Waals surface area contributed by atoms with Gasteiger partial charge in [0.15, 0.2) is 4.90 Å². The number of nitro benzene ring substituents is 1. The molecule has 0 bridgehead atoms. The molecule has 30 heavy (non-hydrogen) atoms. The first-order chi connectivity index (χ1) is 14.2. The Morgan fingerprint density at radius 3 is 2.47 bits per heavy atom. The smallest absolute Gasteiger partial charge is 0.289 e. The van der Waals surface area contributed by atoms with Gasteiger partial charge >= 0.3 is 0 Å². The molecule has 0 spiro atoms. The Hall–Kier alpha value is -1.84. The zero-order valence-electron chi connectivity index (χ0n) is 17.7. The van der Waals surface area contributed by atoms with Crippen LogP contribution in [0.1, 0.15) is 52.4 Å². The van der Waals surface area contributed by atoms with E-state index >= 15 is 0 Å². The fourth-order valence-electron chi connectivity index (χ4n) is 4.87. The standard InChI is InChI=1S/C21H31N3O5S/c1-16-15-22(20(17(2)25)14-18-8-4-3-5-9-18)12-13-23(16)30(28,29)21-11-7-6-10-19(21)24(26)27/h6-7,10-11,16,18,20H,3-5,8-9,12-15H2,1-2H3/t16-,20-/m0/s1. The quantitative estimate of drug-likeness (QED) is 0.480. The van der Waals surface area contributed by atoms with Gasteiger partial charge in [0.05, 0.1) is 11.0 Å². The Balaban J connectivity index is 1.75.